The highest BCUT2D eigenvalue weighted by Crippen LogP contribution is 2.15. The quantitative estimate of drug-likeness (QED) is 0.0531. The largest absolute Gasteiger partial charge is 0.462 e. The highest BCUT2D eigenvalue weighted by molar-refractivity contribution is 5.70. The maximum absolute atomic E-state index is 12.1. The van der Waals surface area contributed by atoms with E-state index in [1.807, 2.05) is 0 Å². The highest BCUT2D eigenvalue weighted by atomic mass is 16.6. The number of hydrogen-bond donors (Lipinski definition) is 0. The molecule has 4 heteroatoms. The molecule has 0 bridgehead atoms. The zero-order valence-corrected chi connectivity index (χ0v) is 29.3. The minimum absolute atomic E-state index is 0.0577. The van der Waals surface area contributed by atoms with Gasteiger partial charge in [-0.15, -0.1) is 0 Å². The van der Waals surface area contributed by atoms with Crippen molar-refractivity contribution in [2.45, 2.75) is 225 Å². The monoisotopic (exact) mass is 608 g/mol. The van der Waals surface area contributed by atoms with Crippen LogP contribution in [0.25, 0.3) is 0 Å². The van der Waals surface area contributed by atoms with E-state index in [-0.39, 0.29) is 18.5 Å². The number of carbonyl (C=O) groups is 2. The molecule has 0 aromatic heterocycles. The Kier molecular flexibility index (Phi) is 34.5. The molecule has 0 rings (SSSR count). The summed E-state index contributed by atoms with van der Waals surface area (Å²) in [4.78, 5) is 24.1. The summed E-state index contributed by atoms with van der Waals surface area (Å²) >= 11 is 0. The lowest BCUT2D eigenvalue weighted by molar-refractivity contribution is -0.156. The Hall–Kier alpha value is -1.06. The van der Waals surface area contributed by atoms with Crippen LogP contribution in [0, 0.1) is 6.92 Å². The molecular weight excluding hydrogens is 532 g/mol. The van der Waals surface area contributed by atoms with Crippen molar-refractivity contribution < 1.29 is 19.1 Å². The second kappa shape index (κ2) is 35.4. The molecule has 0 saturated heterocycles. The van der Waals surface area contributed by atoms with E-state index in [0.29, 0.717) is 12.8 Å². The van der Waals surface area contributed by atoms with Gasteiger partial charge in [-0.05, 0) is 19.8 Å². The van der Waals surface area contributed by atoms with Gasteiger partial charge in [0.05, 0.1) is 0 Å². The number of hydrogen-bond acceptors (Lipinski definition) is 4. The van der Waals surface area contributed by atoms with Crippen LogP contribution in [0.1, 0.15) is 219 Å². The summed E-state index contributed by atoms with van der Waals surface area (Å²) in [5.41, 5.74) is 0. The van der Waals surface area contributed by atoms with Gasteiger partial charge in [-0.3, -0.25) is 9.59 Å². The molecule has 1 radical (unpaired) electrons. The van der Waals surface area contributed by atoms with Crippen LogP contribution in [-0.4, -0.2) is 24.6 Å². The third kappa shape index (κ3) is 35.3. The maximum Gasteiger partial charge on any atom is 0.306 e. The zero-order chi connectivity index (χ0) is 31.5. The fourth-order valence-corrected chi connectivity index (χ4v) is 5.82. The maximum atomic E-state index is 12.1. The van der Waals surface area contributed by atoms with E-state index in [1.165, 1.54) is 167 Å². The van der Waals surface area contributed by atoms with Crippen molar-refractivity contribution >= 4 is 11.9 Å². The van der Waals surface area contributed by atoms with Crippen molar-refractivity contribution in [3.8, 4) is 0 Å². The lowest BCUT2D eigenvalue weighted by atomic mass is 10.0. The molecule has 0 aliphatic carbocycles. The van der Waals surface area contributed by atoms with Crippen LogP contribution < -0.4 is 0 Å². The third-order valence-corrected chi connectivity index (χ3v) is 8.70. The summed E-state index contributed by atoms with van der Waals surface area (Å²) in [7, 11) is 0. The Balaban J connectivity index is 3.38. The van der Waals surface area contributed by atoms with Crippen LogP contribution in [0.3, 0.4) is 0 Å². The summed E-state index contributed by atoms with van der Waals surface area (Å²) in [6, 6.07) is 0. The van der Waals surface area contributed by atoms with Crippen molar-refractivity contribution in [3.63, 3.8) is 0 Å². The first-order valence-corrected chi connectivity index (χ1v) is 19.3. The molecular formula is C39H75O4. The first-order chi connectivity index (χ1) is 21.1. The van der Waals surface area contributed by atoms with Gasteiger partial charge < -0.3 is 9.47 Å². The van der Waals surface area contributed by atoms with E-state index in [0.717, 1.165) is 25.7 Å². The molecule has 0 saturated carbocycles. The molecule has 0 aliphatic rings. The van der Waals surface area contributed by atoms with Crippen molar-refractivity contribution in [2.24, 2.45) is 0 Å². The van der Waals surface area contributed by atoms with Gasteiger partial charge in [-0.25, -0.2) is 0 Å². The van der Waals surface area contributed by atoms with Gasteiger partial charge in [0.1, 0.15) is 12.7 Å². The Morgan fingerprint density at radius 2 is 0.674 bits per heavy atom. The second-order valence-corrected chi connectivity index (χ2v) is 13.2. The fourth-order valence-electron chi connectivity index (χ4n) is 5.82. The molecule has 0 aromatic carbocycles. The van der Waals surface area contributed by atoms with Gasteiger partial charge in [0.25, 0.3) is 0 Å². The first-order valence-electron chi connectivity index (χ1n) is 19.3. The van der Waals surface area contributed by atoms with Gasteiger partial charge in [-0.2, -0.15) is 0 Å². The smallest absolute Gasteiger partial charge is 0.306 e. The van der Waals surface area contributed by atoms with Crippen molar-refractivity contribution in [3.05, 3.63) is 6.92 Å². The van der Waals surface area contributed by atoms with Crippen LogP contribution in [0.2, 0.25) is 0 Å². The molecule has 255 valence electrons. The predicted octanol–water partition coefficient (Wildman–Crippen LogP) is 12.8. The fraction of sp³-hybridized carbons (Fsp3) is 0.923. The molecule has 0 fully saturated rings. The third-order valence-electron chi connectivity index (χ3n) is 8.70. The lowest BCUT2D eigenvalue weighted by Gasteiger charge is -2.13. The minimum atomic E-state index is -0.617. The standard InChI is InChI=1S/C39H75O4/c1-4-6-8-10-12-14-16-18-20-22-24-26-28-30-32-34-38(40)42-36-37(3)43-39(41)35-33-31-29-27-25-23-21-19-17-15-13-11-9-7-5-2/h37H,3-36H2,1-2H3/t37-/m1/s1. The van der Waals surface area contributed by atoms with Gasteiger partial charge in [-0.1, -0.05) is 194 Å². The number of rotatable bonds is 35. The van der Waals surface area contributed by atoms with E-state index in [2.05, 4.69) is 20.8 Å². The van der Waals surface area contributed by atoms with E-state index in [1.54, 1.807) is 0 Å². The molecule has 0 N–H and O–H groups in total. The Bertz CT molecular complexity index is 576. The summed E-state index contributed by atoms with van der Waals surface area (Å²) in [5, 5.41) is 0. The van der Waals surface area contributed by atoms with Crippen LogP contribution in [0.4, 0.5) is 0 Å². The average Bonchev–Trinajstić information content (AvgIpc) is 3.00. The molecule has 0 heterocycles. The SMILES string of the molecule is [CH2][C@H](COC(=O)CCCCCCCCCCCCCCCCC)OC(=O)CCCCCCCCCCCCCCCCC. The van der Waals surface area contributed by atoms with Crippen molar-refractivity contribution in [1.29, 1.82) is 0 Å². The van der Waals surface area contributed by atoms with E-state index in [9.17, 15) is 9.59 Å². The number of ether oxygens (including phenoxy) is 2. The number of unbranched alkanes of at least 4 members (excludes halogenated alkanes) is 28. The van der Waals surface area contributed by atoms with Crippen molar-refractivity contribution in [1.82, 2.24) is 0 Å². The molecule has 4 nitrogen and oxygen atoms in total. The second-order valence-electron chi connectivity index (χ2n) is 13.2. The van der Waals surface area contributed by atoms with Gasteiger partial charge in [0.2, 0.25) is 0 Å². The molecule has 1 atom stereocenters. The van der Waals surface area contributed by atoms with E-state index >= 15 is 0 Å². The predicted molar refractivity (Wildman–Crippen MR) is 185 cm³/mol. The normalized spacial score (nSPS) is 12.0. The van der Waals surface area contributed by atoms with Crippen LogP contribution in [0.15, 0.2) is 0 Å². The zero-order valence-electron chi connectivity index (χ0n) is 29.3. The number of carbonyl (C=O) groups excluding carboxylic acids is 2. The van der Waals surface area contributed by atoms with Gasteiger partial charge >= 0.3 is 11.9 Å². The topological polar surface area (TPSA) is 52.6 Å². The van der Waals surface area contributed by atoms with Gasteiger partial charge in [0.15, 0.2) is 0 Å². The minimum Gasteiger partial charge on any atom is -0.462 e. The number of esters is 2. The summed E-state index contributed by atoms with van der Waals surface area (Å²) < 4.78 is 10.6. The van der Waals surface area contributed by atoms with E-state index in [4.69, 9.17) is 9.47 Å². The summed E-state index contributed by atoms with van der Waals surface area (Å²) in [6.45, 7) is 8.44. The van der Waals surface area contributed by atoms with Crippen LogP contribution in [0.5, 0.6) is 0 Å². The first kappa shape index (κ1) is 41.9. The van der Waals surface area contributed by atoms with Crippen LogP contribution in [-0.2, 0) is 19.1 Å². The average molecular weight is 608 g/mol. The molecule has 0 amide bonds. The van der Waals surface area contributed by atoms with Crippen LogP contribution >= 0.6 is 0 Å². The molecule has 0 aromatic rings. The van der Waals surface area contributed by atoms with Crippen molar-refractivity contribution in [2.75, 3.05) is 6.61 Å². The molecule has 0 spiro atoms. The lowest BCUT2D eigenvalue weighted by Crippen LogP contribution is -2.22. The van der Waals surface area contributed by atoms with Gasteiger partial charge in [0, 0.05) is 12.8 Å². The summed E-state index contributed by atoms with van der Waals surface area (Å²) in [6.07, 6.45) is 39.5. The molecule has 0 unspecified atom stereocenters. The summed E-state index contributed by atoms with van der Waals surface area (Å²) in [5.74, 6) is -0.435. The highest BCUT2D eigenvalue weighted by Gasteiger charge is 2.12. The molecule has 43 heavy (non-hydrogen) atoms. The Labute approximate surface area is 269 Å². The van der Waals surface area contributed by atoms with E-state index < -0.39 is 6.10 Å². The molecule has 0 aliphatic heterocycles. The Morgan fingerprint density at radius 3 is 0.977 bits per heavy atom. The Morgan fingerprint density at radius 1 is 0.419 bits per heavy atom.